The molecule has 1 aliphatic heterocycles. The number of aromatic nitrogens is 2. The Morgan fingerprint density at radius 2 is 1.96 bits per heavy atom. The normalized spacial score (nSPS) is 15.6. The summed E-state index contributed by atoms with van der Waals surface area (Å²) >= 11 is 0. The molecule has 0 bridgehead atoms. The van der Waals surface area contributed by atoms with Gasteiger partial charge in [-0.2, -0.15) is 0 Å². The topological polar surface area (TPSA) is 81.0 Å². The van der Waals surface area contributed by atoms with Gasteiger partial charge >= 0.3 is 5.69 Å². The summed E-state index contributed by atoms with van der Waals surface area (Å²) in [6.07, 6.45) is 5.40. The summed E-state index contributed by atoms with van der Waals surface area (Å²) in [5, 5.41) is 3.37. The number of carbonyl (C=O) groups is 1. The average Bonchev–Trinajstić information content (AvgIpc) is 2.99. The summed E-state index contributed by atoms with van der Waals surface area (Å²) in [4.78, 5) is 31.7. The van der Waals surface area contributed by atoms with Crippen molar-refractivity contribution in [1.29, 1.82) is 0 Å². The number of imidazole rings is 1. The van der Waals surface area contributed by atoms with Gasteiger partial charge in [-0.25, -0.2) is 4.79 Å². The van der Waals surface area contributed by atoms with Crippen molar-refractivity contribution in [2.24, 2.45) is 0 Å². The second kappa shape index (κ2) is 8.34. The lowest BCUT2D eigenvalue weighted by atomic mass is 10.0. The molecule has 25 heavy (non-hydrogen) atoms. The molecule has 3 rings (SSSR count). The minimum absolute atomic E-state index is 0.181. The summed E-state index contributed by atoms with van der Waals surface area (Å²) in [7, 11) is 0. The maximum Gasteiger partial charge on any atom is 0.323 e. The van der Waals surface area contributed by atoms with Gasteiger partial charge in [0.2, 0.25) is 5.91 Å². The minimum atomic E-state index is -0.181. The number of aryl methyl sites for hydroxylation is 1. The van der Waals surface area contributed by atoms with Crippen molar-refractivity contribution < 1.29 is 4.79 Å². The van der Waals surface area contributed by atoms with Crippen LogP contribution in [0, 0.1) is 0 Å². The van der Waals surface area contributed by atoms with Crippen LogP contribution in [0.15, 0.2) is 23.0 Å². The molecule has 1 aliphatic rings. The van der Waals surface area contributed by atoms with Crippen molar-refractivity contribution in [1.82, 2.24) is 20.2 Å². The fraction of sp³-hybridized carbons (Fsp3) is 0.579. The summed E-state index contributed by atoms with van der Waals surface area (Å²) in [6.45, 7) is 5.01. The summed E-state index contributed by atoms with van der Waals surface area (Å²) in [6, 6.07) is 6.33. The number of nitrogens with one attached hydrogen (secondary N) is 3. The highest BCUT2D eigenvalue weighted by atomic mass is 16.2. The Labute approximate surface area is 148 Å². The molecule has 2 heterocycles. The molecule has 0 spiro atoms. The molecule has 0 radical (unpaired) electrons. The van der Waals surface area contributed by atoms with Gasteiger partial charge in [0.25, 0.3) is 0 Å². The van der Waals surface area contributed by atoms with Crippen LogP contribution in [0.3, 0.4) is 0 Å². The number of hydrogen-bond donors (Lipinski definition) is 3. The van der Waals surface area contributed by atoms with E-state index in [4.69, 9.17) is 0 Å². The van der Waals surface area contributed by atoms with E-state index in [1.54, 1.807) is 0 Å². The molecule has 6 nitrogen and oxygen atoms in total. The second-order valence-corrected chi connectivity index (χ2v) is 6.88. The Kier molecular flexibility index (Phi) is 5.91. The van der Waals surface area contributed by atoms with E-state index in [2.05, 4.69) is 27.1 Å². The lowest BCUT2D eigenvalue weighted by molar-refractivity contribution is -0.134. The monoisotopic (exact) mass is 344 g/mol. The molecule has 3 N–H and O–H groups in total. The van der Waals surface area contributed by atoms with Gasteiger partial charge in [0.15, 0.2) is 0 Å². The van der Waals surface area contributed by atoms with Gasteiger partial charge in [0.05, 0.1) is 11.0 Å². The summed E-state index contributed by atoms with van der Waals surface area (Å²) in [5.41, 5.74) is 2.62. The van der Waals surface area contributed by atoms with Crippen LogP contribution in [-0.2, 0) is 11.2 Å². The standard InChI is InChI=1S/C19H28N4O2/c1-2-12-23(15-8-10-20-11-9-15)18(24)5-3-4-14-6-7-16-17(13-14)22-19(25)21-16/h6-7,13,15,20H,2-5,8-12H2,1H3,(H2,21,22,25). The van der Waals surface area contributed by atoms with Crippen LogP contribution >= 0.6 is 0 Å². The van der Waals surface area contributed by atoms with E-state index in [0.717, 1.165) is 68.3 Å². The van der Waals surface area contributed by atoms with Crippen molar-refractivity contribution in [2.75, 3.05) is 19.6 Å². The molecule has 0 atom stereocenters. The molecule has 1 saturated heterocycles. The smallest absolute Gasteiger partial charge is 0.323 e. The van der Waals surface area contributed by atoms with Crippen molar-refractivity contribution in [3.8, 4) is 0 Å². The van der Waals surface area contributed by atoms with E-state index in [0.29, 0.717) is 12.5 Å². The van der Waals surface area contributed by atoms with E-state index < -0.39 is 0 Å². The van der Waals surface area contributed by atoms with Crippen molar-refractivity contribution >= 4 is 16.9 Å². The zero-order valence-corrected chi connectivity index (χ0v) is 14.9. The molecule has 1 amide bonds. The van der Waals surface area contributed by atoms with Crippen LogP contribution in [0.2, 0.25) is 0 Å². The lowest BCUT2D eigenvalue weighted by Crippen LogP contribution is -2.46. The molecule has 136 valence electrons. The zero-order chi connectivity index (χ0) is 17.6. The van der Waals surface area contributed by atoms with Gasteiger partial charge in [-0.05, 0) is 62.9 Å². The van der Waals surface area contributed by atoms with Gasteiger partial charge in [-0.1, -0.05) is 13.0 Å². The molecule has 0 aliphatic carbocycles. The van der Waals surface area contributed by atoms with Gasteiger partial charge < -0.3 is 20.2 Å². The number of fused-ring (bicyclic) bond motifs is 1. The number of piperidine rings is 1. The highest BCUT2D eigenvalue weighted by Gasteiger charge is 2.24. The molecule has 1 aromatic heterocycles. The first kappa shape index (κ1) is 17.7. The van der Waals surface area contributed by atoms with Crippen LogP contribution in [0.4, 0.5) is 0 Å². The third-order valence-electron chi connectivity index (χ3n) is 4.97. The molecule has 0 unspecified atom stereocenters. The highest BCUT2D eigenvalue weighted by Crippen LogP contribution is 2.16. The molecular weight excluding hydrogens is 316 g/mol. The Morgan fingerprint density at radius 3 is 2.72 bits per heavy atom. The van der Waals surface area contributed by atoms with E-state index in [9.17, 15) is 9.59 Å². The average molecular weight is 344 g/mol. The number of hydrogen-bond acceptors (Lipinski definition) is 3. The first-order valence-electron chi connectivity index (χ1n) is 9.38. The molecule has 1 fully saturated rings. The molecular formula is C19H28N4O2. The van der Waals surface area contributed by atoms with E-state index in [1.165, 1.54) is 0 Å². The Morgan fingerprint density at radius 1 is 1.20 bits per heavy atom. The Bertz CT molecular complexity index is 758. The van der Waals surface area contributed by atoms with Crippen molar-refractivity contribution in [2.45, 2.75) is 51.5 Å². The number of aromatic amines is 2. The number of H-pyrrole nitrogens is 2. The fourth-order valence-corrected chi connectivity index (χ4v) is 3.69. The molecule has 1 aromatic carbocycles. The Balaban J connectivity index is 1.54. The fourth-order valence-electron chi connectivity index (χ4n) is 3.69. The van der Waals surface area contributed by atoms with Gasteiger partial charge in [0, 0.05) is 19.0 Å². The number of carbonyl (C=O) groups excluding carboxylic acids is 1. The lowest BCUT2D eigenvalue weighted by Gasteiger charge is -2.34. The SMILES string of the molecule is CCCN(C(=O)CCCc1ccc2[nH]c(=O)[nH]c2c1)C1CCNCC1. The van der Waals surface area contributed by atoms with Crippen LogP contribution in [0.25, 0.3) is 11.0 Å². The third kappa shape index (κ3) is 4.51. The Hall–Kier alpha value is -2.08. The van der Waals surface area contributed by atoms with E-state index in [1.807, 2.05) is 18.2 Å². The zero-order valence-electron chi connectivity index (χ0n) is 14.9. The van der Waals surface area contributed by atoms with Crippen molar-refractivity contribution in [3.05, 3.63) is 34.2 Å². The first-order valence-corrected chi connectivity index (χ1v) is 9.38. The minimum Gasteiger partial charge on any atom is -0.340 e. The second-order valence-electron chi connectivity index (χ2n) is 6.88. The first-order chi connectivity index (χ1) is 12.2. The quantitative estimate of drug-likeness (QED) is 0.720. The molecule has 2 aromatic rings. The summed E-state index contributed by atoms with van der Waals surface area (Å²) < 4.78 is 0. The van der Waals surface area contributed by atoms with Crippen LogP contribution < -0.4 is 11.0 Å². The number of benzene rings is 1. The predicted octanol–water partition coefficient (Wildman–Crippen LogP) is 2.17. The summed E-state index contributed by atoms with van der Waals surface area (Å²) in [5.74, 6) is 0.282. The predicted molar refractivity (Wildman–Crippen MR) is 99.8 cm³/mol. The molecule has 0 saturated carbocycles. The van der Waals surface area contributed by atoms with E-state index >= 15 is 0 Å². The highest BCUT2D eigenvalue weighted by molar-refractivity contribution is 5.77. The van der Waals surface area contributed by atoms with Gasteiger partial charge in [-0.3, -0.25) is 4.79 Å². The third-order valence-corrected chi connectivity index (χ3v) is 4.97. The van der Waals surface area contributed by atoms with Crippen LogP contribution in [0.5, 0.6) is 0 Å². The largest absolute Gasteiger partial charge is 0.340 e. The maximum absolute atomic E-state index is 12.7. The van der Waals surface area contributed by atoms with Gasteiger partial charge in [0.1, 0.15) is 0 Å². The van der Waals surface area contributed by atoms with Gasteiger partial charge in [-0.15, -0.1) is 0 Å². The van der Waals surface area contributed by atoms with Crippen molar-refractivity contribution in [3.63, 3.8) is 0 Å². The van der Waals surface area contributed by atoms with Crippen LogP contribution in [0.1, 0.15) is 44.6 Å². The number of rotatable bonds is 7. The number of nitrogens with zero attached hydrogens (tertiary/aromatic N) is 1. The maximum atomic E-state index is 12.7. The number of amides is 1. The van der Waals surface area contributed by atoms with Crippen LogP contribution in [-0.4, -0.2) is 46.5 Å². The van der Waals surface area contributed by atoms with E-state index in [-0.39, 0.29) is 11.6 Å². The molecule has 6 heteroatoms.